The molecule has 2 heteroatoms. The minimum atomic E-state index is 0. The zero-order valence-electron chi connectivity index (χ0n) is 13.8. The van der Waals surface area contributed by atoms with Crippen molar-refractivity contribution in [3.05, 3.63) is 0 Å². The van der Waals surface area contributed by atoms with E-state index in [-0.39, 0.29) is 17.0 Å². The molecule has 0 heterocycles. The summed E-state index contributed by atoms with van der Waals surface area (Å²) in [6.45, 7) is 2.29. The second-order valence-electron chi connectivity index (χ2n) is 5.99. The van der Waals surface area contributed by atoms with Crippen LogP contribution in [0.5, 0.6) is 0 Å². The summed E-state index contributed by atoms with van der Waals surface area (Å²) < 4.78 is 0. The van der Waals surface area contributed by atoms with Crippen molar-refractivity contribution in [1.82, 2.24) is 0 Å². The average Bonchev–Trinajstić information content (AvgIpc) is 2.43. The van der Waals surface area contributed by atoms with Gasteiger partial charge in [-0.05, 0) is 6.42 Å². The lowest BCUT2D eigenvalue weighted by Gasteiger charge is -2.03. The Hall–Kier alpha value is 0.770. The minimum Gasteiger partial charge on any atom is -0.127 e. The van der Waals surface area contributed by atoms with Crippen molar-refractivity contribution in [3.63, 3.8) is 0 Å². The van der Waals surface area contributed by atoms with Crippen molar-refractivity contribution in [2.75, 3.05) is 5.88 Å². The number of alkyl halides is 1. The molecule has 0 saturated carbocycles. The zero-order chi connectivity index (χ0) is 14.0. The van der Waals surface area contributed by atoms with E-state index in [0.717, 1.165) is 5.88 Å². The Balaban J connectivity index is 0. The van der Waals surface area contributed by atoms with E-state index in [9.17, 15) is 0 Å². The molecule has 0 amide bonds. The molecular formula is C18H38BrCl. The Kier molecular flexibility index (Phi) is 25.4. The maximum Gasteiger partial charge on any atom is 0.0223 e. The van der Waals surface area contributed by atoms with E-state index in [1.165, 1.54) is 103 Å². The fourth-order valence-corrected chi connectivity index (χ4v) is 2.83. The van der Waals surface area contributed by atoms with Crippen LogP contribution in [0, 0.1) is 0 Å². The van der Waals surface area contributed by atoms with Gasteiger partial charge in [0.15, 0.2) is 0 Å². The first-order chi connectivity index (χ1) is 9.41. The molecule has 0 N–H and O–H groups in total. The van der Waals surface area contributed by atoms with Crippen LogP contribution in [-0.4, -0.2) is 5.88 Å². The monoisotopic (exact) mass is 368 g/mol. The lowest BCUT2D eigenvalue weighted by molar-refractivity contribution is 0.531. The van der Waals surface area contributed by atoms with Gasteiger partial charge in [-0.25, -0.2) is 0 Å². The van der Waals surface area contributed by atoms with E-state index < -0.39 is 0 Å². The predicted molar refractivity (Wildman–Crippen MR) is 101 cm³/mol. The molecule has 0 rings (SSSR count). The highest BCUT2D eigenvalue weighted by Crippen LogP contribution is 2.13. The molecule has 124 valence electrons. The van der Waals surface area contributed by atoms with Crippen LogP contribution in [0.3, 0.4) is 0 Å². The third kappa shape index (κ3) is 21.1. The summed E-state index contributed by atoms with van der Waals surface area (Å²) in [5, 5.41) is 0. The second-order valence-corrected chi connectivity index (χ2v) is 6.37. The maximum atomic E-state index is 5.66. The van der Waals surface area contributed by atoms with Gasteiger partial charge in [-0.1, -0.05) is 103 Å². The number of unbranched alkanes of at least 4 members (excludes halogenated alkanes) is 15. The smallest absolute Gasteiger partial charge is 0.0223 e. The van der Waals surface area contributed by atoms with Gasteiger partial charge in [0, 0.05) is 5.88 Å². The molecule has 0 aliphatic carbocycles. The maximum absolute atomic E-state index is 5.66. The summed E-state index contributed by atoms with van der Waals surface area (Å²) in [5.41, 5.74) is 0. The van der Waals surface area contributed by atoms with Crippen molar-refractivity contribution >= 4 is 28.6 Å². The van der Waals surface area contributed by atoms with Crippen LogP contribution >= 0.6 is 28.6 Å². The number of hydrogen-bond donors (Lipinski definition) is 0. The molecule has 0 saturated heterocycles. The Labute approximate surface area is 144 Å². The molecule has 0 aromatic heterocycles. The summed E-state index contributed by atoms with van der Waals surface area (Å²) in [7, 11) is 0. The van der Waals surface area contributed by atoms with Gasteiger partial charge >= 0.3 is 0 Å². The quantitative estimate of drug-likeness (QED) is 0.190. The summed E-state index contributed by atoms with van der Waals surface area (Å²) in [6, 6.07) is 0. The summed E-state index contributed by atoms with van der Waals surface area (Å²) in [4.78, 5) is 0. The first-order valence-electron chi connectivity index (χ1n) is 8.97. The number of rotatable bonds is 16. The first-order valence-corrected chi connectivity index (χ1v) is 9.51. The Morgan fingerprint density at radius 2 is 0.700 bits per heavy atom. The molecule has 0 fully saturated rings. The minimum absolute atomic E-state index is 0. The Morgan fingerprint density at radius 1 is 0.450 bits per heavy atom. The van der Waals surface area contributed by atoms with Crippen LogP contribution in [0.4, 0.5) is 0 Å². The van der Waals surface area contributed by atoms with Crippen molar-refractivity contribution in [2.45, 2.75) is 110 Å². The molecule has 0 aromatic carbocycles. The first kappa shape index (κ1) is 23.0. The standard InChI is InChI=1S/C18H37Cl.BrH/c1-2-3-4-5-6-7-8-9-10-11-12-13-14-15-16-17-18-19;/h2-18H2,1H3;1H. The van der Waals surface area contributed by atoms with Crippen LogP contribution in [0.25, 0.3) is 0 Å². The van der Waals surface area contributed by atoms with Crippen LogP contribution in [-0.2, 0) is 0 Å². The third-order valence-corrected chi connectivity index (χ3v) is 4.25. The van der Waals surface area contributed by atoms with Crippen LogP contribution < -0.4 is 0 Å². The lowest BCUT2D eigenvalue weighted by Crippen LogP contribution is -1.83. The van der Waals surface area contributed by atoms with Gasteiger partial charge in [0.25, 0.3) is 0 Å². The molecule has 0 atom stereocenters. The predicted octanol–water partition coefficient (Wildman–Crippen LogP) is 8.06. The lowest BCUT2D eigenvalue weighted by atomic mass is 10.0. The summed E-state index contributed by atoms with van der Waals surface area (Å²) in [6.07, 6.45) is 22.8. The van der Waals surface area contributed by atoms with Gasteiger partial charge in [-0.15, -0.1) is 28.6 Å². The highest BCUT2D eigenvalue weighted by molar-refractivity contribution is 8.93. The normalized spacial score (nSPS) is 10.5. The topological polar surface area (TPSA) is 0 Å². The fourth-order valence-electron chi connectivity index (χ4n) is 2.64. The molecule has 0 bridgehead atoms. The van der Waals surface area contributed by atoms with Crippen LogP contribution in [0.2, 0.25) is 0 Å². The highest BCUT2D eigenvalue weighted by Gasteiger charge is 1.94. The second kappa shape index (κ2) is 22.1. The zero-order valence-corrected chi connectivity index (χ0v) is 16.3. The summed E-state index contributed by atoms with van der Waals surface area (Å²) in [5.74, 6) is 0.846. The van der Waals surface area contributed by atoms with Gasteiger partial charge < -0.3 is 0 Å². The van der Waals surface area contributed by atoms with Gasteiger partial charge in [0.2, 0.25) is 0 Å². The molecule has 0 aromatic rings. The van der Waals surface area contributed by atoms with Crippen molar-refractivity contribution in [2.24, 2.45) is 0 Å². The number of halogens is 2. The fraction of sp³-hybridized carbons (Fsp3) is 1.00. The molecule has 20 heavy (non-hydrogen) atoms. The third-order valence-electron chi connectivity index (χ3n) is 3.99. The molecule has 0 nitrogen and oxygen atoms in total. The molecular weight excluding hydrogens is 332 g/mol. The Morgan fingerprint density at radius 3 is 0.950 bits per heavy atom. The van der Waals surface area contributed by atoms with Crippen molar-refractivity contribution < 1.29 is 0 Å². The molecule has 0 radical (unpaired) electrons. The average molecular weight is 370 g/mol. The van der Waals surface area contributed by atoms with E-state index in [0.29, 0.717) is 0 Å². The van der Waals surface area contributed by atoms with Gasteiger partial charge in [-0.2, -0.15) is 0 Å². The highest BCUT2D eigenvalue weighted by atomic mass is 79.9. The van der Waals surface area contributed by atoms with Gasteiger partial charge in [-0.3, -0.25) is 0 Å². The summed E-state index contributed by atoms with van der Waals surface area (Å²) >= 11 is 5.66. The Bertz CT molecular complexity index is 134. The van der Waals surface area contributed by atoms with Crippen LogP contribution in [0.1, 0.15) is 110 Å². The number of hydrogen-bond acceptors (Lipinski definition) is 0. The van der Waals surface area contributed by atoms with Gasteiger partial charge in [0.1, 0.15) is 0 Å². The molecule has 0 aliphatic heterocycles. The molecule has 0 unspecified atom stereocenters. The largest absolute Gasteiger partial charge is 0.127 e. The molecule has 0 aliphatic rings. The van der Waals surface area contributed by atoms with E-state index in [1.54, 1.807) is 0 Å². The van der Waals surface area contributed by atoms with Crippen molar-refractivity contribution in [3.8, 4) is 0 Å². The van der Waals surface area contributed by atoms with E-state index >= 15 is 0 Å². The van der Waals surface area contributed by atoms with Crippen LogP contribution in [0.15, 0.2) is 0 Å². The van der Waals surface area contributed by atoms with Crippen molar-refractivity contribution in [1.29, 1.82) is 0 Å². The molecule has 0 spiro atoms. The van der Waals surface area contributed by atoms with E-state index in [2.05, 4.69) is 6.92 Å². The van der Waals surface area contributed by atoms with E-state index in [1.807, 2.05) is 0 Å². The van der Waals surface area contributed by atoms with E-state index in [4.69, 9.17) is 11.6 Å². The SMILES string of the molecule is Br.CCCCCCCCCCCCCCCCCCCl. The van der Waals surface area contributed by atoms with Gasteiger partial charge in [0.05, 0.1) is 0 Å².